The molecule has 0 bridgehead atoms. The van der Waals surface area contributed by atoms with E-state index in [1.807, 2.05) is 42.5 Å². The first-order chi connectivity index (χ1) is 14.5. The van der Waals surface area contributed by atoms with Gasteiger partial charge < -0.3 is 15.5 Å². The lowest BCUT2D eigenvalue weighted by atomic mass is 10.0. The molecule has 0 atom stereocenters. The van der Waals surface area contributed by atoms with Crippen LogP contribution in [-0.2, 0) is 4.79 Å². The molecule has 0 aliphatic rings. The van der Waals surface area contributed by atoms with Crippen molar-refractivity contribution >= 4 is 47.2 Å². The highest BCUT2D eigenvalue weighted by Gasteiger charge is 2.10. The molecule has 3 N–H and O–H groups in total. The maximum atomic E-state index is 12.3. The number of likely N-dealkylation sites (N-methyl/N-ethyl adjacent to an activating group) is 1. The highest BCUT2D eigenvalue weighted by Crippen LogP contribution is 2.26. The van der Waals surface area contributed by atoms with E-state index in [-0.39, 0.29) is 36.3 Å². The summed E-state index contributed by atoms with van der Waals surface area (Å²) >= 11 is 0. The molecule has 0 fully saturated rings. The van der Waals surface area contributed by atoms with E-state index in [1.165, 1.54) is 0 Å². The lowest BCUT2D eigenvalue weighted by Crippen LogP contribution is -2.27. The third-order valence-electron chi connectivity index (χ3n) is 4.86. The normalized spacial score (nSPS) is 10.5. The number of amides is 1. The molecule has 7 nitrogen and oxygen atoms in total. The van der Waals surface area contributed by atoms with Gasteiger partial charge in [0.1, 0.15) is 0 Å². The van der Waals surface area contributed by atoms with Gasteiger partial charge in [-0.05, 0) is 51.7 Å². The number of aromatic amines is 1. The summed E-state index contributed by atoms with van der Waals surface area (Å²) in [5, 5.41) is 14.5. The summed E-state index contributed by atoms with van der Waals surface area (Å²) in [5.41, 5.74) is 2.03. The Morgan fingerprint density at radius 3 is 2.50 bits per heavy atom. The van der Waals surface area contributed by atoms with Gasteiger partial charge in [-0.15, -0.1) is 24.8 Å². The lowest BCUT2D eigenvalue weighted by molar-refractivity contribution is -0.116. The van der Waals surface area contributed by atoms with Crippen molar-refractivity contribution in [3.63, 3.8) is 0 Å². The number of hydrogen-bond donors (Lipinski definition) is 3. The predicted octanol–water partition coefficient (Wildman–Crippen LogP) is 3.69. The van der Waals surface area contributed by atoms with Gasteiger partial charge in [-0.25, -0.2) is 5.10 Å². The average molecular weight is 480 g/mol. The van der Waals surface area contributed by atoms with Gasteiger partial charge in [0.25, 0.3) is 5.56 Å². The molecule has 1 aromatic heterocycles. The Balaban J connectivity index is 0.00000256. The smallest absolute Gasteiger partial charge is 0.272 e. The molecule has 9 heteroatoms. The van der Waals surface area contributed by atoms with Crippen LogP contribution in [-0.4, -0.2) is 54.7 Å². The zero-order chi connectivity index (χ0) is 21.3. The van der Waals surface area contributed by atoms with E-state index in [9.17, 15) is 9.59 Å². The van der Waals surface area contributed by atoms with Gasteiger partial charge >= 0.3 is 0 Å². The van der Waals surface area contributed by atoms with Crippen molar-refractivity contribution in [1.82, 2.24) is 20.4 Å². The first-order valence-corrected chi connectivity index (χ1v) is 10.3. The van der Waals surface area contributed by atoms with Crippen LogP contribution in [0.1, 0.15) is 19.3 Å². The second kappa shape index (κ2) is 13.9. The Morgan fingerprint density at radius 2 is 1.75 bits per heavy atom. The molecule has 174 valence electrons. The van der Waals surface area contributed by atoms with Crippen LogP contribution < -0.4 is 16.2 Å². The topological polar surface area (TPSA) is 90.1 Å². The zero-order valence-corrected chi connectivity index (χ0v) is 20.0. The molecule has 1 heterocycles. The number of benzene rings is 2. The monoisotopic (exact) mass is 479 g/mol. The van der Waals surface area contributed by atoms with Crippen LogP contribution >= 0.6 is 24.8 Å². The first-order valence-electron chi connectivity index (χ1n) is 10.3. The van der Waals surface area contributed by atoms with Crippen LogP contribution in [0.5, 0.6) is 0 Å². The fraction of sp³-hybridized carbons (Fsp3) is 0.348. The van der Waals surface area contributed by atoms with Crippen LogP contribution in [0, 0.1) is 0 Å². The van der Waals surface area contributed by atoms with E-state index < -0.39 is 0 Å². The molecular weight excluding hydrogens is 449 g/mol. The minimum Gasteiger partial charge on any atom is -0.326 e. The minimum absolute atomic E-state index is 0. The van der Waals surface area contributed by atoms with Gasteiger partial charge in [-0.2, -0.15) is 5.10 Å². The molecule has 0 spiro atoms. The molecule has 0 aliphatic heterocycles. The van der Waals surface area contributed by atoms with Gasteiger partial charge in [0.15, 0.2) is 0 Å². The Labute approximate surface area is 200 Å². The van der Waals surface area contributed by atoms with Crippen LogP contribution in [0.15, 0.2) is 53.3 Å². The second-order valence-corrected chi connectivity index (χ2v) is 7.59. The number of anilines is 1. The Bertz CT molecular complexity index is 1060. The van der Waals surface area contributed by atoms with Crippen LogP contribution in [0.3, 0.4) is 0 Å². The Kier molecular flexibility index (Phi) is 11.9. The number of carbonyl (C=O) groups excluding carboxylic acids is 1. The summed E-state index contributed by atoms with van der Waals surface area (Å²) < 4.78 is 0. The third kappa shape index (κ3) is 7.91. The lowest BCUT2D eigenvalue weighted by Gasteiger charge is -2.10. The zero-order valence-electron chi connectivity index (χ0n) is 18.4. The molecule has 1 amide bonds. The standard InChI is InChI=1S/C23H29N5O2.2ClH/c1-28(2)15-14-24-13-6-5-12-21(29)25-18-9-7-8-17(16-18)22-19-10-3-4-11-20(19)23(30)27-26-22;;/h3-4,7-11,16,24H,5-6,12-15H2,1-2H3,(H,25,29)(H,27,30);2*1H. The molecule has 0 saturated heterocycles. The number of fused-ring (bicyclic) bond motifs is 1. The van der Waals surface area contributed by atoms with Crippen molar-refractivity contribution < 1.29 is 4.79 Å². The minimum atomic E-state index is -0.213. The summed E-state index contributed by atoms with van der Waals surface area (Å²) in [6.45, 7) is 2.89. The molecule has 0 saturated carbocycles. The fourth-order valence-electron chi connectivity index (χ4n) is 3.27. The molecule has 0 unspecified atom stereocenters. The number of halogens is 2. The van der Waals surface area contributed by atoms with Gasteiger partial charge in [0.2, 0.25) is 5.91 Å². The molecule has 32 heavy (non-hydrogen) atoms. The molecule has 3 aromatic rings. The summed E-state index contributed by atoms with van der Waals surface area (Å²) in [6.07, 6.45) is 2.29. The van der Waals surface area contributed by atoms with Gasteiger partial charge in [0, 0.05) is 36.1 Å². The van der Waals surface area contributed by atoms with E-state index in [4.69, 9.17) is 0 Å². The van der Waals surface area contributed by atoms with E-state index in [1.54, 1.807) is 6.07 Å². The average Bonchev–Trinajstić information content (AvgIpc) is 2.73. The fourth-order valence-corrected chi connectivity index (χ4v) is 3.27. The first kappa shape index (κ1) is 27.6. The van der Waals surface area contributed by atoms with Crippen molar-refractivity contribution in [2.75, 3.05) is 39.0 Å². The highest BCUT2D eigenvalue weighted by molar-refractivity contribution is 5.95. The van der Waals surface area contributed by atoms with E-state index >= 15 is 0 Å². The van der Waals surface area contributed by atoms with Crippen molar-refractivity contribution in [3.8, 4) is 11.3 Å². The number of carbonyl (C=O) groups is 1. The summed E-state index contributed by atoms with van der Waals surface area (Å²) in [6, 6.07) is 14.9. The maximum Gasteiger partial charge on any atom is 0.272 e. The van der Waals surface area contributed by atoms with Gasteiger partial charge in [-0.3, -0.25) is 9.59 Å². The second-order valence-electron chi connectivity index (χ2n) is 7.59. The van der Waals surface area contributed by atoms with Crippen molar-refractivity contribution in [1.29, 1.82) is 0 Å². The number of H-pyrrole nitrogens is 1. The summed E-state index contributed by atoms with van der Waals surface area (Å²) in [4.78, 5) is 26.4. The van der Waals surface area contributed by atoms with E-state index in [0.29, 0.717) is 17.5 Å². The van der Waals surface area contributed by atoms with Crippen molar-refractivity contribution in [2.45, 2.75) is 19.3 Å². The van der Waals surface area contributed by atoms with Gasteiger partial charge in [-0.1, -0.05) is 30.3 Å². The van der Waals surface area contributed by atoms with Crippen LogP contribution in [0.25, 0.3) is 22.0 Å². The largest absolute Gasteiger partial charge is 0.326 e. The number of nitrogens with zero attached hydrogens (tertiary/aromatic N) is 2. The van der Waals surface area contributed by atoms with Gasteiger partial charge in [0.05, 0.1) is 11.1 Å². The molecule has 0 aliphatic carbocycles. The quantitative estimate of drug-likeness (QED) is 0.385. The summed E-state index contributed by atoms with van der Waals surface area (Å²) in [7, 11) is 4.10. The number of hydrogen-bond acceptors (Lipinski definition) is 5. The Morgan fingerprint density at radius 1 is 1.00 bits per heavy atom. The van der Waals surface area contributed by atoms with E-state index in [0.717, 1.165) is 49.1 Å². The number of rotatable bonds is 10. The highest BCUT2D eigenvalue weighted by atomic mass is 35.5. The number of unbranched alkanes of at least 4 members (excludes halogenated alkanes) is 1. The summed E-state index contributed by atoms with van der Waals surface area (Å²) in [5.74, 6) is -0.000252. The molecular formula is C23H31Cl2N5O2. The SMILES string of the molecule is CN(C)CCNCCCCC(=O)Nc1cccc(-c2n[nH]c(=O)c3ccccc23)c1.Cl.Cl. The molecule has 0 radical (unpaired) electrons. The number of nitrogens with one attached hydrogen (secondary N) is 3. The molecule has 2 aromatic carbocycles. The van der Waals surface area contributed by atoms with Crippen LogP contribution in [0.4, 0.5) is 5.69 Å². The third-order valence-corrected chi connectivity index (χ3v) is 4.86. The number of aromatic nitrogens is 2. The Hall–Kier alpha value is -2.45. The van der Waals surface area contributed by atoms with Crippen LogP contribution in [0.2, 0.25) is 0 Å². The van der Waals surface area contributed by atoms with Crippen molar-refractivity contribution in [3.05, 3.63) is 58.9 Å². The predicted molar refractivity (Wildman–Crippen MR) is 136 cm³/mol. The van der Waals surface area contributed by atoms with E-state index in [2.05, 4.69) is 39.8 Å². The maximum absolute atomic E-state index is 12.3. The molecule has 3 rings (SSSR count). The van der Waals surface area contributed by atoms with Crippen molar-refractivity contribution in [2.24, 2.45) is 0 Å².